The lowest BCUT2D eigenvalue weighted by atomic mass is 9.84. The fourth-order valence-electron chi connectivity index (χ4n) is 1.85. The van der Waals surface area contributed by atoms with Crippen LogP contribution in [0.15, 0.2) is 23.3 Å². The number of hydrogen-bond donors (Lipinski definition) is 0. The summed E-state index contributed by atoms with van der Waals surface area (Å²) < 4.78 is 0. The fraction of sp³-hybridized carbons (Fsp3) is 0.667. The topological polar surface area (TPSA) is 0 Å². The molecule has 0 saturated carbocycles. The lowest BCUT2D eigenvalue weighted by Gasteiger charge is -2.22. The standard InChI is InChI=1S/C12H20/c1-9(2)11-7-5-6-8-12(11)10(3)4/h7-10H,5-6H2,1-4H3. The molecule has 68 valence electrons. The van der Waals surface area contributed by atoms with Crippen LogP contribution in [0.5, 0.6) is 0 Å². The molecule has 0 aromatic rings. The smallest absolute Gasteiger partial charge is 0.0219 e. The van der Waals surface area contributed by atoms with Crippen LogP contribution in [0.3, 0.4) is 0 Å². The highest BCUT2D eigenvalue weighted by atomic mass is 14.2. The highest BCUT2D eigenvalue weighted by molar-refractivity contribution is 5.36. The Hall–Kier alpha value is -0.520. The second-order valence-corrected chi connectivity index (χ2v) is 4.21. The molecule has 0 bridgehead atoms. The molecule has 0 aliphatic heterocycles. The largest absolute Gasteiger partial charge is 0.0805 e. The summed E-state index contributed by atoms with van der Waals surface area (Å²) in [7, 11) is 0. The normalized spacial score (nSPS) is 18.2. The van der Waals surface area contributed by atoms with Gasteiger partial charge in [-0.2, -0.15) is 0 Å². The lowest BCUT2D eigenvalue weighted by Crippen LogP contribution is -2.06. The van der Waals surface area contributed by atoms with Gasteiger partial charge in [0, 0.05) is 0 Å². The van der Waals surface area contributed by atoms with Gasteiger partial charge in [-0.1, -0.05) is 39.8 Å². The van der Waals surface area contributed by atoms with E-state index in [0.29, 0.717) is 11.8 Å². The van der Waals surface area contributed by atoms with Crippen molar-refractivity contribution < 1.29 is 0 Å². The first-order chi connectivity index (χ1) is 5.63. The molecular formula is C12H20. The molecule has 12 heavy (non-hydrogen) atoms. The Morgan fingerprint density at radius 2 is 1.17 bits per heavy atom. The SMILES string of the molecule is CC(C)C1=CCCC=C1C(C)C. The van der Waals surface area contributed by atoms with Crippen molar-refractivity contribution in [3.05, 3.63) is 23.3 Å². The maximum atomic E-state index is 2.42. The molecule has 0 nitrogen and oxygen atoms in total. The molecule has 1 aliphatic rings. The predicted molar refractivity (Wildman–Crippen MR) is 55.1 cm³/mol. The van der Waals surface area contributed by atoms with E-state index >= 15 is 0 Å². The van der Waals surface area contributed by atoms with Crippen LogP contribution in [0.4, 0.5) is 0 Å². The Kier molecular flexibility index (Phi) is 3.13. The summed E-state index contributed by atoms with van der Waals surface area (Å²) in [5.41, 5.74) is 3.16. The molecule has 0 saturated heterocycles. The third kappa shape index (κ3) is 2.00. The summed E-state index contributed by atoms with van der Waals surface area (Å²) in [5.74, 6) is 1.39. The van der Waals surface area contributed by atoms with Gasteiger partial charge in [0.1, 0.15) is 0 Å². The molecule has 0 aromatic carbocycles. The van der Waals surface area contributed by atoms with Crippen LogP contribution < -0.4 is 0 Å². The summed E-state index contributed by atoms with van der Waals surface area (Å²) in [6, 6.07) is 0. The Morgan fingerprint density at radius 1 is 0.833 bits per heavy atom. The minimum absolute atomic E-state index is 0.693. The molecule has 0 heteroatoms. The minimum Gasteiger partial charge on any atom is -0.0805 e. The van der Waals surface area contributed by atoms with E-state index in [4.69, 9.17) is 0 Å². The van der Waals surface area contributed by atoms with Gasteiger partial charge < -0.3 is 0 Å². The van der Waals surface area contributed by atoms with Crippen LogP contribution in [0, 0.1) is 11.8 Å². The fourth-order valence-corrected chi connectivity index (χ4v) is 1.85. The minimum atomic E-state index is 0.693. The van der Waals surface area contributed by atoms with Crippen LogP contribution in [0.25, 0.3) is 0 Å². The van der Waals surface area contributed by atoms with Gasteiger partial charge in [-0.15, -0.1) is 0 Å². The second-order valence-electron chi connectivity index (χ2n) is 4.21. The van der Waals surface area contributed by atoms with Crippen molar-refractivity contribution in [2.24, 2.45) is 11.8 Å². The van der Waals surface area contributed by atoms with E-state index in [0.717, 1.165) is 0 Å². The van der Waals surface area contributed by atoms with Gasteiger partial charge in [-0.3, -0.25) is 0 Å². The van der Waals surface area contributed by atoms with Gasteiger partial charge in [-0.05, 0) is 35.8 Å². The predicted octanol–water partition coefficient (Wildman–Crippen LogP) is 3.95. The van der Waals surface area contributed by atoms with Crippen molar-refractivity contribution in [2.75, 3.05) is 0 Å². The van der Waals surface area contributed by atoms with Crippen molar-refractivity contribution in [1.82, 2.24) is 0 Å². The second kappa shape index (κ2) is 3.93. The molecule has 0 atom stereocenters. The first-order valence-corrected chi connectivity index (χ1v) is 5.03. The average molecular weight is 164 g/mol. The van der Waals surface area contributed by atoms with Crippen LogP contribution in [0.2, 0.25) is 0 Å². The number of rotatable bonds is 2. The zero-order chi connectivity index (χ0) is 9.14. The molecule has 0 heterocycles. The van der Waals surface area contributed by atoms with Crippen molar-refractivity contribution in [3.8, 4) is 0 Å². The van der Waals surface area contributed by atoms with E-state index in [1.807, 2.05) is 0 Å². The summed E-state index contributed by atoms with van der Waals surface area (Å²) in [4.78, 5) is 0. The molecule has 1 aliphatic carbocycles. The van der Waals surface area contributed by atoms with Crippen LogP contribution in [-0.4, -0.2) is 0 Å². The molecule has 0 amide bonds. The Balaban J connectivity index is 2.83. The summed E-state index contributed by atoms with van der Waals surface area (Å²) in [5, 5.41) is 0. The van der Waals surface area contributed by atoms with Gasteiger partial charge in [0.25, 0.3) is 0 Å². The molecule has 0 radical (unpaired) electrons. The van der Waals surface area contributed by atoms with E-state index in [-0.39, 0.29) is 0 Å². The van der Waals surface area contributed by atoms with Crippen molar-refractivity contribution in [1.29, 1.82) is 0 Å². The Bertz CT molecular complexity index is 180. The zero-order valence-electron chi connectivity index (χ0n) is 8.72. The lowest BCUT2D eigenvalue weighted by molar-refractivity contribution is 0.681. The van der Waals surface area contributed by atoms with Crippen LogP contribution in [-0.2, 0) is 0 Å². The van der Waals surface area contributed by atoms with E-state index < -0.39 is 0 Å². The van der Waals surface area contributed by atoms with E-state index in [9.17, 15) is 0 Å². The molecule has 0 aromatic heterocycles. The van der Waals surface area contributed by atoms with Crippen molar-refractivity contribution >= 4 is 0 Å². The van der Waals surface area contributed by atoms with Gasteiger partial charge in [0.15, 0.2) is 0 Å². The van der Waals surface area contributed by atoms with E-state index in [1.165, 1.54) is 12.8 Å². The van der Waals surface area contributed by atoms with Gasteiger partial charge in [0.05, 0.1) is 0 Å². The number of hydrogen-bond acceptors (Lipinski definition) is 0. The number of allylic oxidation sites excluding steroid dienone is 4. The highest BCUT2D eigenvalue weighted by Crippen LogP contribution is 2.30. The third-order valence-corrected chi connectivity index (χ3v) is 2.47. The average Bonchev–Trinajstić information content (AvgIpc) is 2.04. The van der Waals surface area contributed by atoms with Crippen molar-refractivity contribution in [2.45, 2.75) is 40.5 Å². The molecule has 0 N–H and O–H groups in total. The summed E-state index contributed by atoms with van der Waals surface area (Å²) in [6.07, 6.45) is 7.31. The Labute approximate surface area is 76.4 Å². The maximum absolute atomic E-state index is 2.42. The van der Waals surface area contributed by atoms with Gasteiger partial charge in [-0.25, -0.2) is 0 Å². The third-order valence-electron chi connectivity index (χ3n) is 2.47. The monoisotopic (exact) mass is 164 g/mol. The van der Waals surface area contributed by atoms with E-state index in [1.54, 1.807) is 11.1 Å². The molecule has 1 rings (SSSR count). The molecule has 0 spiro atoms. The van der Waals surface area contributed by atoms with Gasteiger partial charge in [0.2, 0.25) is 0 Å². The Morgan fingerprint density at radius 3 is 1.42 bits per heavy atom. The van der Waals surface area contributed by atoms with Crippen molar-refractivity contribution in [3.63, 3.8) is 0 Å². The summed E-state index contributed by atoms with van der Waals surface area (Å²) in [6.45, 7) is 9.14. The molecular weight excluding hydrogens is 144 g/mol. The quantitative estimate of drug-likeness (QED) is 0.580. The highest BCUT2D eigenvalue weighted by Gasteiger charge is 2.14. The molecule has 0 unspecified atom stereocenters. The van der Waals surface area contributed by atoms with Gasteiger partial charge >= 0.3 is 0 Å². The van der Waals surface area contributed by atoms with E-state index in [2.05, 4.69) is 39.8 Å². The first kappa shape index (κ1) is 9.57. The van der Waals surface area contributed by atoms with Crippen LogP contribution >= 0.6 is 0 Å². The maximum Gasteiger partial charge on any atom is -0.0219 e. The first-order valence-electron chi connectivity index (χ1n) is 5.03. The summed E-state index contributed by atoms with van der Waals surface area (Å²) >= 11 is 0. The van der Waals surface area contributed by atoms with Crippen LogP contribution in [0.1, 0.15) is 40.5 Å². The molecule has 0 fully saturated rings. The zero-order valence-corrected chi connectivity index (χ0v) is 8.72.